The van der Waals surface area contributed by atoms with Gasteiger partial charge >= 0.3 is 0 Å². The van der Waals surface area contributed by atoms with Crippen LogP contribution in [0.3, 0.4) is 0 Å². The molecule has 0 fully saturated rings. The summed E-state index contributed by atoms with van der Waals surface area (Å²) in [4.78, 5) is 18.4. The maximum absolute atomic E-state index is 12.9. The van der Waals surface area contributed by atoms with Crippen LogP contribution in [0.15, 0.2) is 42.6 Å². The van der Waals surface area contributed by atoms with Gasteiger partial charge in [-0.3, -0.25) is 4.79 Å². The summed E-state index contributed by atoms with van der Waals surface area (Å²) in [5.74, 6) is 1.16. The Balaban J connectivity index is 2.05. The summed E-state index contributed by atoms with van der Waals surface area (Å²) in [5, 5.41) is 4.18. The van der Waals surface area contributed by atoms with Crippen molar-refractivity contribution in [2.24, 2.45) is 0 Å². The normalized spacial score (nSPS) is 12.2. The van der Waals surface area contributed by atoms with Crippen LogP contribution in [0.1, 0.15) is 36.0 Å². The Hall–Kier alpha value is -2.99. The lowest BCUT2D eigenvalue weighted by molar-refractivity contribution is -0.121. The van der Waals surface area contributed by atoms with Gasteiger partial charge in [0, 0.05) is 48.1 Å². The minimum Gasteiger partial charge on any atom is -0.493 e. The molecule has 1 heterocycles. The number of ether oxygens (including phenoxy) is 2. The summed E-state index contributed by atoms with van der Waals surface area (Å²) >= 11 is 0. The van der Waals surface area contributed by atoms with Crippen molar-refractivity contribution in [3.63, 3.8) is 0 Å². The third-order valence-corrected chi connectivity index (χ3v) is 5.67. The number of amides is 1. The molecule has 0 aliphatic rings. The van der Waals surface area contributed by atoms with Crippen LogP contribution in [0.25, 0.3) is 10.9 Å². The van der Waals surface area contributed by atoms with E-state index in [1.54, 1.807) is 14.2 Å². The molecule has 0 radical (unpaired) electrons. The van der Waals surface area contributed by atoms with Gasteiger partial charge in [0.25, 0.3) is 0 Å². The number of hydrogen-bond donors (Lipinski definition) is 2. The smallest absolute Gasteiger partial charge is 0.220 e. The SMILES string of the molecule is CCc1cccc2c([C@H](CC(=O)NCCN(C)C)c3cccc(OC)c3OC)c[nH]c12. The topological polar surface area (TPSA) is 66.6 Å². The van der Waals surface area contributed by atoms with Gasteiger partial charge in [-0.05, 0) is 37.7 Å². The maximum Gasteiger partial charge on any atom is 0.220 e. The number of carbonyl (C=O) groups is 1. The minimum atomic E-state index is -0.176. The molecule has 0 spiro atoms. The van der Waals surface area contributed by atoms with Crippen molar-refractivity contribution in [2.45, 2.75) is 25.7 Å². The van der Waals surface area contributed by atoms with E-state index in [0.29, 0.717) is 24.5 Å². The van der Waals surface area contributed by atoms with Crippen molar-refractivity contribution >= 4 is 16.8 Å². The number of nitrogens with one attached hydrogen (secondary N) is 2. The molecule has 2 N–H and O–H groups in total. The third kappa shape index (κ3) is 5.02. The van der Waals surface area contributed by atoms with E-state index in [-0.39, 0.29) is 11.8 Å². The quantitative estimate of drug-likeness (QED) is 0.518. The van der Waals surface area contributed by atoms with Crippen molar-refractivity contribution in [3.8, 4) is 11.5 Å². The Bertz CT molecular complexity index is 1030. The van der Waals surface area contributed by atoms with Gasteiger partial charge in [0.05, 0.1) is 14.2 Å². The highest BCUT2D eigenvalue weighted by atomic mass is 16.5. The Labute approximate surface area is 184 Å². The zero-order chi connectivity index (χ0) is 22.4. The molecule has 0 aliphatic heterocycles. The van der Waals surface area contributed by atoms with E-state index < -0.39 is 0 Å². The standard InChI is InChI=1S/C25H33N3O3/c1-6-17-9-7-10-18-21(16-27-24(17)18)20(15-23(29)26-13-14-28(2)3)19-11-8-12-22(30-4)25(19)31-5/h7-12,16,20,27H,6,13-15H2,1-5H3,(H,26,29)/t20-/m1/s1. The molecule has 31 heavy (non-hydrogen) atoms. The molecular weight excluding hydrogens is 390 g/mol. The molecule has 2 aromatic carbocycles. The first-order valence-corrected chi connectivity index (χ1v) is 10.7. The van der Waals surface area contributed by atoms with Crippen molar-refractivity contribution in [1.29, 1.82) is 0 Å². The lowest BCUT2D eigenvalue weighted by Gasteiger charge is -2.21. The fourth-order valence-electron chi connectivity index (χ4n) is 4.07. The Morgan fingerprint density at radius 2 is 1.87 bits per heavy atom. The number of likely N-dealkylation sites (N-methyl/N-ethyl adjacent to an activating group) is 1. The van der Waals surface area contributed by atoms with Gasteiger partial charge in [0.15, 0.2) is 11.5 Å². The first-order valence-electron chi connectivity index (χ1n) is 10.7. The molecule has 0 unspecified atom stereocenters. The first kappa shape index (κ1) is 22.7. The van der Waals surface area contributed by atoms with Crippen LogP contribution in [0.2, 0.25) is 0 Å². The molecule has 1 aromatic heterocycles. The number of aromatic nitrogens is 1. The molecule has 3 rings (SSSR count). The summed E-state index contributed by atoms with van der Waals surface area (Å²) in [6.07, 6.45) is 3.29. The number of para-hydroxylation sites is 2. The van der Waals surface area contributed by atoms with Gasteiger partial charge in [-0.25, -0.2) is 0 Å². The van der Waals surface area contributed by atoms with E-state index in [1.165, 1.54) is 5.56 Å². The monoisotopic (exact) mass is 423 g/mol. The van der Waals surface area contributed by atoms with E-state index in [2.05, 4.69) is 40.3 Å². The molecule has 0 saturated heterocycles. The highest BCUT2D eigenvalue weighted by molar-refractivity contribution is 5.88. The molecule has 166 valence electrons. The second-order valence-electron chi connectivity index (χ2n) is 7.93. The number of rotatable bonds is 10. The number of aromatic amines is 1. The van der Waals surface area contributed by atoms with E-state index in [9.17, 15) is 4.79 Å². The number of carbonyl (C=O) groups excluding carboxylic acids is 1. The second-order valence-corrected chi connectivity index (χ2v) is 7.93. The fraction of sp³-hybridized carbons (Fsp3) is 0.400. The van der Waals surface area contributed by atoms with Crippen LogP contribution in [-0.2, 0) is 11.2 Å². The highest BCUT2D eigenvalue weighted by Crippen LogP contribution is 2.42. The number of hydrogen-bond acceptors (Lipinski definition) is 4. The summed E-state index contributed by atoms with van der Waals surface area (Å²) < 4.78 is 11.2. The molecule has 0 aliphatic carbocycles. The zero-order valence-corrected chi connectivity index (χ0v) is 19.1. The molecule has 6 nitrogen and oxygen atoms in total. The summed E-state index contributed by atoms with van der Waals surface area (Å²) in [6.45, 7) is 3.56. The summed E-state index contributed by atoms with van der Waals surface area (Å²) in [5.41, 5.74) is 4.41. The Morgan fingerprint density at radius 3 is 2.55 bits per heavy atom. The van der Waals surface area contributed by atoms with Crippen molar-refractivity contribution in [2.75, 3.05) is 41.4 Å². The van der Waals surface area contributed by atoms with Gasteiger partial charge in [0.1, 0.15) is 0 Å². The first-order chi connectivity index (χ1) is 15.0. The Kier molecular flexibility index (Phi) is 7.58. The number of methoxy groups -OCH3 is 2. The average molecular weight is 424 g/mol. The molecular formula is C25H33N3O3. The molecule has 1 amide bonds. The lowest BCUT2D eigenvalue weighted by atomic mass is 9.86. The molecule has 0 saturated carbocycles. The van der Waals surface area contributed by atoms with Crippen molar-refractivity contribution in [1.82, 2.24) is 15.2 Å². The number of fused-ring (bicyclic) bond motifs is 1. The number of H-pyrrole nitrogens is 1. The van der Waals surface area contributed by atoms with Crippen LogP contribution in [0.5, 0.6) is 11.5 Å². The van der Waals surface area contributed by atoms with Crippen molar-refractivity contribution < 1.29 is 14.3 Å². The molecule has 1 atom stereocenters. The lowest BCUT2D eigenvalue weighted by Crippen LogP contribution is -2.32. The number of nitrogens with zero attached hydrogens (tertiary/aromatic N) is 1. The van der Waals surface area contributed by atoms with E-state index >= 15 is 0 Å². The van der Waals surface area contributed by atoms with Gasteiger partial charge in [-0.15, -0.1) is 0 Å². The van der Waals surface area contributed by atoms with Crippen LogP contribution in [-0.4, -0.2) is 57.2 Å². The van der Waals surface area contributed by atoms with Crippen LogP contribution < -0.4 is 14.8 Å². The second kappa shape index (κ2) is 10.4. The average Bonchev–Trinajstić information content (AvgIpc) is 3.20. The molecule has 0 bridgehead atoms. The van der Waals surface area contributed by atoms with Gasteiger partial charge in [-0.2, -0.15) is 0 Å². The number of aryl methyl sites for hydroxylation is 1. The Morgan fingerprint density at radius 1 is 1.10 bits per heavy atom. The minimum absolute atomic E-state index is 0.0118. The van der Waals surface area contributed by atoms with E-state index in [4.69, 9.17) is 9.47 Å². The van der Waals surface area contributed by atoms with E-state index in [1.807, 2.05) is 38.5 Å². The van der Waals surface area contributed by atoms with Gasteiger partial charge < -0.3 is 24.7 Å². The fourth-order valence-corrected chi connectivity index (χ4v) is 4.07. The maximum atomic E-state index is 12.9. The molecule has 6 heteroatoms. The van der Waals surface area contributed by atoms with Gasteiger partial charge in [-0.1, -0.05) is 37.3 Å². The van der Waals surface area contributed by atoms with Crippen LogP contribution >= 0.6 is 0 Å². The van der Waals surface area contributed by atoms with E-state index in [0.717, 1.165) is 35.0 Å². The zero-order valence-electron chi connectivity index (χ0n) is 19.1. The number of benzene rings is 2. The third-order valence-electron chi connectivity index (χ3n) is 5.67. The summed E-state index contributed by atoms with van der Waals surface area (Å²) in [7, 11) is 7.25. The molecule has 3 aromatic rings. The largest absolute Gasteiger partial charge is 0.493 e. The van der Waals surface area contributed by atoms with Crippen LogP contribution in [0.4, 0.5) is 0 Å². The predicted octanol–water partition coefficient (Wildman–Crippen LogP) is 3.95. The highest BCUT2D eigenvalue weighted by Gasteiger charge is 2.26. The summed E-state index contributed by atoms with van der Waals surface area (Å²) in [6, 6.07) is 12.2. The van der Waals surface area contributed by atoms with Crippen LogP contribution in [0, 0.1) is 0 Å². The predicted molar refractivity (Wildman–Crippen MR) is 125 cm³/mol. The van der Waals surface area contributed by atoms with Crippen molar-refractivity contribution in [3.05, 3.63) is 59.3 Å². The van der Waals surface area contributed by atoms with Gasteiger partial charge in [0.2, 0.25) is 5.91 Å².